The maximum atomic E-state index is 11.9. The van der Waals surface area contributed by atoms with Crippen LogP contribution in [-0.2, 0) is 17.8 Å². The minimum Gasteiger partial charge on any atom is -0.364 e. The van der Waals surface area contributed by atoms with Crippen LogP contribution in [0.4, 0.5) is 5.69 Å². The minimum atomic E-state index is -0.216. The first-order valence-electron chi connectivity index (χ1n) is 5.82. The van der Waals surface area contributed by atoms with E-state index in [-0.39, 0.29) is 11.8 Å². The van der Waals surface area contributed by atoms with Crippen molar-refractivity contribution in [2.45, 2.75) is 13.0 Å². The van der Waals surface area contributed by atoms with Gasteiger partial charge < -0.3 is 15.2 Å². The zero-order chi connectivity index (χ0) is 13.2. The number of fused-ring (bicyclic) bond motifs is 1. The molecule has 19 heavy (non-hydrogen) atoms. The fraction of sp³-hybridized carbons (Fsp3) is 0.154. The van der Waals surface area contributed by atoms with Crippen molar-refractivity contribution in [3.8, 4) is 0 Å². The molecule has 1 aromatic carbocycles. The van der Waals surface area contributed by atoms with E-state index in [0.29, 0.717) is 29.9 Å². The van der Waals surface area contributed by atoms with Crippen LogP contribution in [0, 0.1) is 0 Å². The summed E-state index contributed by atoms with van der Waals surface area (Å²) in [4.78, 5) is 23.2. The smallest absolute Gasteiger partial charge is 0.251 e. The van der Waals surface area contributed by atoms with E-state index in [4.69, 9.17) is 0 Å². The molecule has 6 heteroatoms. The fourth-order valence-electron chi connectivity index (χ4n) is 1.96. The van der Waals surface area contributed by atoms with Gasteiger partial charge in [-0.2, -0.15) is 0 Å². The van der Waals surface area contributed by atoms with E-state index >= 15 is 0 Å². The standard InChI is InChI=1S/C13H11N3O3/c17-12-6-8-1-2-9(5-11(8)15-12)13(18)14-7-10-3-4-19-16-10/h1-5H,6-7H2,(H,14,18)(H,15,17). The molecule has 2 aromatic rings. The van der Waals surface area contributed by atoms with Gasteiger partial charge >= 0.3 is 0 Å². The van der Waals surface area contributed by atoms with E-state index in [9.17, 15) is 9.59 Å². The highest BCUT2D eigenvalue weighted by Gasteiger charge is 2.18. The normalized spacial score (nSPS) is 12.9. The van der Waals surface area contributed by atoms with Crippen LogP contribution in [0.15, 0.2) is 35.1 Å². The summed E-state index contributed by atoms with van der Waals surface area (Å²) in [5.41, 5.74) is 2.78. The Morgan fingerprint density at radius 2 is 2.32 bits per heavy atom. The number of amides is 2. The molecule has 0 bridgehead atoms. The molecule has 1 aliphatic heterocycles. The van der Waals surface area contributed by atoms with Crippen molar-refractivity contribution < 1.29 is 14.1 Å². The van der Waals surface area contributed by atoms with Gasteiger partial charge in [-0.15, -0.1) is 0 Å². The Balaban J connectivity index is 1.70. The largest absolute Gasteiger partial charge is 0.364 e. The molecule has 1 aliphatic rings. The summed E-state index contributed by atoms with van der Waals surface area (Å²) in [5.74, 6) is -0.262. The second-order valence-electron chi connectivity index (χ2n) is 4.27. The predicted molar refractivity (Wildman–Crippen MR) is 66.4 cm³/mol. The summed E-state index contributed by atoms with van der Waals surface area (Å²) in [6, 6.07) is 6.86. The minimum absolute atomic E-state index is 0.0462. The number of benzene rings is 1. The lowest BCUT2D eigenvalue weighted by atomic mass is 10.1. The van der Waals surface area contributed by atoms with Gasteiger partial charge in [0.25, 0.3) is 5.91 Å². The number of nitrogens with one attached hydrogen (secondary N) is 2. The monoisotopic (exact) mass is 257 g/mol. The quantitative estimate of drug-likeness (QED) is 0.862. The SMILES string of the molecule is O=C1Cc2ccc(C(=O)NCc3ccon3)cc2N1. The van der Waals surface area contributed by atoms with E-state index in [1.54, 1.807) is 24.3 Å². The van der Waals surface area contributed by atoms with Crippen molar-refractivity contribution in [2.75, 3.05) is 5.32 Å². The Morgan fingerprint density at radius 3 is 3.11 bits per heavy atom. The third-order valence-electron chi connectivity index (χ3n) is 2.92. The molecule has 2 amide bonds. The van der Waals surface area contributed by atoms with Crippen molar-refractivity contribution in [3.63, 3.8) is 0 Å². The maximum absolute atomic E-state index is 11.9. The molecule has 96 valence electrons. The first-order valence-corrected chi connectivity index (χ1v) is 5.82. The lowest BCUT2D eigenvalue weighted by molar-refractivity contribution is -0.115. The van der Waals surface area contributed by atoms with Crippen molar-refractivity contribution in [1.29, 1.82) is 0 Å². The highest BCUT2D eigenvalue weighted by atomic mass is 16.5. The summed E-state index contributed by atoms with van der Waals surface area (Å²) >= 11 is 0. The number of nitrogens with zero attached hydrogens (tertiary/aromatic N) is 1. The third-order valence-corrected chi connectivity index (χ3v) is 2.92. The Bertz CT molecular complexity index is 635. The van der Waals surface area contributed by atoms with Crippen LogP contribution >= 0.6 is 0 Å². The topological polar surface area (TPSA) is 84.2 Å². The predicted octanol–water partition coefficient (Wildman–Crippen LogP) is 1.10. The van der Waals surface area contributed by atoms with Crippen LogP contribution in [0.2, 0.25) is 0 Å². The van der Waals surface area contributed by atoms with Gasteiger partial charge in [-0.1, -0.05) is 11.2 Å². The van der Waals surface area contributed by atoms with Crippen LogP contribution in [0.5, 0.6) is 0 Å². The van der Waals surface area contributed by atoms with Crippen molar-refractivity contribution in [1.82, 2.24) is 10.5 Å². The van der Waals surface area contributed by atoms with Gasteiger partial charge in [-0.3, -0.25) is 9.59 Å². The second-order valence-corrected chi connectivity index (χ2v) is 4.27. The highest BCUT2D eigenvalue weighted by Crippen LogP contribution is 2.23. The van der Waals surface area contributed by atoms with Crippen LogP contribution in [0.3, 0.4) is 0 Å². The van der Waals surface area contributed by atoms with E-state index < -0.39 is 0 Å². The van der Waals surface area contributed by atoms with E-state index in [0.717, 1.165) is 5.56 Å². The Kier molecular flexibility index (Phi) is 2.75. The highest BCUT2D eigenvalue weighted by molar-refractivity contribution is 6.02. The molecule has 2 heterocycles. The van der Waals surface area contributed by atoms with E-state index in [1.165, 1.54) is 6.26 Å². The first kappa shape index (κ1) is 11.5. The maximum Gasteiger partial charge on any atom is 0.251 e. The molecule has 1 aromatic heterocycles. The Labute approximate surface area is 108 Å². The summed E-state index contributed by atoms with van der Waals surface area (Å²) in [6.45, 7) is 0.304. The number of anilines is 1. The molecular weight excluding hydrogens is 246 g/mol. The number of carbonyl (C=O) groups excluding carboxylic acids is 2. The van der Waals surface area contributed by atoms with Gasteiger partial charge in [-0.25, -0.2) is 0 Å². The van der Waals surface area contributed by atoms with E-state index in [2.05, 4.69) is 20.3 Å². The van der Waals surface area contributed by atoms with Crippen LogP contribution in [-0.4, -0.2) is 17.0 Å². The number of hydrogen-bond donors (Lipinski definition) is 2. The number of aromatic nitrogens is 1. The third kappa shape index (κ3) is 2.33. The van der Waals surface area contributed by atoms with E-state index in [1.807, 2.05) is 0 Å². The number of carbonyl (C=O) groups is 2. The first-order chi connectivity index (χ1) is 9.22. The molecule has 2 N–H and O–H groups in total. The lowest BCUT2D eigenvalue weighted by Crippen LogP contribution is -2.23. The lowest BCUT2D eigenvalue weighted by Gasteiger charge is -2.05. The molecule has 6 nitrogen and oxygen atoms in total. The number of rotatable bonds is 3. The van der Waals surface area contributed by atoms with Gasteiger partial charge in [0.1, 0.15) is 12.0 Å². The molecule has 0 saturated heterocycles. The summed E-state index contributed by atoms with van der Waals surface area (Å²) < 4.78 is 4.68. The molecule has 3 rings (SSSR count). The molecular formula is C13H11N3O3. The van der Waals surface area contributed by atoms with Gasteiger partial charge in [0.2, 0.25) is 5.91 Å². The molecule has 0 radical (unpaired) electrons. The van der Waals surface area contributed by atoms with Gasteiger partial charge in [0.15, 0.2) is 0 Å². The average Bonchev–Trinajstić information content (AvgIpc) is 3.02. The molecule has 0 saturated carbocycles. The Morgan fingerprint density at radius 1 is 1.42 bits per heavy atom. The van der Waals surface area contributed by atoms with Crippen molar-refractivity contribution in [2.24, 2.45) is 0 Å². The van der Waals surface area contributed by atoms with Crippen molar-refractivity contribution >= 4 is 17.5 Å². The molecule has 0 fully saturated rings. The zero-order valence-corrected chi connectivity index (χ0v) is 9.97. The Hall–Kier alpha value is -2.63. The molecule has 0 aliphatic carbocycles. The van der Waals surface area contributed by atoms with Crippen LogP contribution in [0.25, 0.3) is 0 Å². The van der Waals surface area contributed by atoms with Crippen molar-refractivity contribution in [3.05, 3.63) is 47.3 Å². The second kappa shape index (κ2) is 4.56. The summed E-state index contributed by atoms with van der Waals surface area (Å²) in [7, 11) is 0. The molecule has 0 spiro atoms. The molecule has 0 atom stereocenters. The van der Waals surface area contributed by atoms with Crippen LogP contribution in [0.1, 0.15) is 21.6 Å². The van der Waals surface area contributed by atoms with Gasteiger partial charge in [0, 0.05) is 17.3 Å². The van der Waals surface area contributed by atoms with Gasteiger partial charge in [-0.05, 0) is 17.7 Å². The summed E-state index contributed by atoms with van der Waals surface area (Å²) in [6.07, 6.45) is 1.82. The average molecular weight is 257 g/mol. The summed E-state index contributed by atoms with van der Waals surface area (Å²) in [5, 5.41) is 9.15. The molecule has 0 unspecified atom stereocenters. The number of hydrogen-bond acceptors (Lipinski definition) is 4. The fourth-order valence-corrected chi connectivity index (χ4v) is 1.96. The van der Waals surface area contributed by atoms with Gasteiger partial charge in [0.05, 0.1) is 13.0 Å². The van der Waals surface area contributed by atoms with Crippen LogP contribution < -0.4 is 10.6 Å². The zero-order valence-electron chi connectivity index (χ0n) is 9.97.